The van der Waals surface area contributed by atoms with Crippen LogP contribution in [0.15, 0.2) is 24.3 Å². The van der Waals surface area contributed by atoms with E-state index in [-0.39, 0.29) is 18.6 Å². The summed E-state index contributed by atoms with van der Waals surface area (Å²) in [5.74, 6) is -6.15. The van der Waals surface area contributed by atoms with E-state index >= 15 is 0 Å². The normalized spacial score (nSPS) is 44.0. The van der Waals surface area contributed by atoms with Crippen molar-refractivity contribution in [2.75, 3.05) is 6.61 Å². The van der Waals surface area contributed by atoms with Crippen LogP contribution in [-0.4, -0.2) is 88.7 Å². The third-order valence-corrected chi connectivity index (χ3v) is 9.28. The Kier molecular flexibility index (Phi) is 8.09. The number of fused-ring (bicyclic) bond motifs is 3. The van der Waals surface area contributed by atoms with Crippen LogP contribution in [0.2, 0.25) is 0 Å². The van der Waals surface area contributed by atoms with Gasteiger partial charge >= 0.3 is 29.8 Å². The summed E-state index contributed by atoms with van der Waals surface area (Å²) < 4.78 is 34.7. The average molecular weight is 599 g/mol. The van der Waals surface area contributed by atoms with E-state index in [4.69, 9.17) is 40.0 Å². The standard InChI is InChI=1S/C28H35ClO12/c1-12-8-9-18(37-14(3)30)26(7)19(38-15(4)31)10-20(39-16(5)32)27(11-36-27)22(26)24(40-17(6)33)28(35)13(2)25(34)41-23(28)21(12)29/h8-9,13,18-24,35H,1,10-11H2,2-7H3/b9-8+/t13-,18-,19-,20+,21-,22+,23-,24-,26-,27+,28-/m1/s1. The topological polar surface area (TPSA) is 164 Å². The Bertz CT molecular complexity index is 1190. The summed E-state index contributed by atoms with van der Waals surface area (Å²) in [6.07, 6.45) is -3.54. The zero-order valence-corrected chi connectivity index (χ0v) is 24.5. The number of carbonyl (C=O) groups excluding carboxylic acids is 5. The number of epoxide rings is 1. The van der Waals surface area contributed by atoms with E-state index in [1.165, 1.54) is 39.8 Å². The van der Waals surface area contributed by atoms with Crippen LogP contribution in [0.1, 0.15) is 48.0 Å². The van der Waals surface area contributed by atoms with Gasteiger partial charge < -0.3 is 33.5 Å². The van der Waals surface area contributed by atoms with Crippen molar-refractivity contribution in [2.45, 2.75) is 95.1 Å². The largest absolute Gasteiger partial charge is 0.462 e. The monoisotopic (exact) mass is 598 g/mol. The molecule has 0 aromatic carbocycles. The lowest BCUT2D eigenvalue weighted by Gasteiger charge is -2.57. The lowest BCUT2D eigenvalue weighted by molar-refractivity contribution is -0.254. The third kappa shape index (κ3) is 5.03. The minimum Gasteiger partial charge on any atom is -0.462 e. The van der Waals surface area contributed by atoms with Crippen LogP contribution in [0, 0.1) is 17.3 Å². The molecule has 0 aromatic rings. The fraction of sp³-hybridized carbons (Fsp3) is 0.679. The first-order chi connectivity index (χ1) is 19.0. The van der Waals surface area contributed by atoms with Gasteiger partial charge in [0.15, 0.2) is 11.7 Å². The molecule has 0 unspecified atom stereocenters. The van der Waals surface area contributed by atoms with Crippen molar-refractivity contribution in [2.24, 2.45) is 17.3 Å². The number of rotatable bonds is 4. The molecule has 226 valence electrons. The van der Waals surface area contributed by atoms with Crippen molar-refractivity contribution in [3.63, 3.8) is 0 Å². The molecular formula is C28H35ClO12. The molecule has 0 amide bonds. The van der Waals surface area contributed by atoms with Gasteiger partial charge in [0, 0.05) is 40.0 Å². The Morgan fingerprint density at radius 1 is 1.00 bits per heavy atom. The number of alkyl halides is 1. The first-order valence-corrected chi connectivity index (χ1v) is 13.7. The van der Waals surface area contributed by atoms with Crippen molar-refractivity contribution in [3.05, 3.63) is 24.3 Å². The van der Waals surface area contributed by atoms with Crippen LogP contribution >= 0.6 is 11.6 Å². The van der Waals surface area contributed by atoms with E-state index in [1.807, 2.05) is 0 Å². The molecule has 2 saturated heterocycles. The fourth-order valence-corrected chi connectivity index (χ4v) is 7.13. The number of aliphatic hydroxyl groups is 1. The van der Waals surface area contributed by atoms with Gasteiger partial charge in [-0.3, -0.25) is 24.0 Å². The van der Waals surface area contributed by atoms with Crippen LogP contribution in [0.4, 0.5) is 0 Å². The molecule has 13 heteroatoms. The quantitative estimate of drug-likeness (QED) is 0.215. The summed E-state index contributed by atoms with van der Waals surface area (Å²) in [6, 6.07) is 0. The number of hydrogen-bond acceptors (Lipinski definition) is 12. The maximum Gasteiger partial charge on any atom is 0.312 e. The lowest BCUT2D eigenvalue weighted by atomic mass is 9.52. The molecular weight excluding hydrogens is 564 g/mol. The molecule has 3 fully saturated rings. The summed E-state index contributed by atoms with van der Waals surface area (Å²) in [5, 5.41) is 11.3. The van der Waals surface area contributed by atoms with E-state index in [0.717, 1.165) is 6.92 Å². The highest BCUT2D eigenvalue weighted by molar-refractivity contribution is 6.23. The maximum absolute atomic E-state index is 13.0. The van der Waals surface area contributed by atoms with E-state index in [2.05, 4.69) is 6.58 Å². The smallest absolute Gasteiger partial charge is 0.312 e. The zero-order valence-electron chi connectivity index (χ0n) is 23.7. The van der Waals surface area contributed by atoms with Crippen LogP contribution in [0.5, 0.6) is 0 Å². The highest BCUT2D eigenvalue weighted by Crippen LogP contribution is 2.63. The van der Waals surface area contributed by atoms with Gasteiger partial charge in [-0.15, -0.1) is 11.6 Å². The van der Waals surface area contributed by atoms with Gasteiger partial charge in [-0.2, -0.15) is 0 Å². The van der Waals surface area contributed by atoms with Gasteiger partial charge in [-0.05, 0) is 18.6 Å². The molecule has 11 atom stereocenters. The summed E-state index contributed by atoms with van der Waals surface area (Å²) in [5.41, 5.74) is -5.00. The first kappa shape index (κ1) is 31.0. The molecule has 1 saturated carbocycles. The molecule has 2 aliphatic heterocycles. The Hall–Kier alpha value is -2.96. The highest BCUT2D eigenvalue weighted by atomic mass is 35.5. The number of esters is 5. The number of carbonyl (C=O) groups is 5. The second kappa shape index (κ2) is 10.7. The molecule has 41 heavy (non-hydrogen) atoms. The van der Waals surface area contributed by atoms with E-state index in [9.17, 15) is 29.1 Å². The molecule has 0 bridgehead atoms. The zero-order chi connectivity index (χ0) is 30.7. The van der Waals surface area contributed by atoms with Crippen molar-refractivity contribution in [1.82, 2.24) is 0 Å². The van der Waals surface area contributed by atoms with Gasteiger partial charge in [0.25, 0.3) is 0 Å². The maximum atomic E-state index is 13.0. The molecule has 4 aliphatic rings. The van der Waals surface area contributed by atoms with Crippen LogP contribution in [-0.2, 0) is 52.4 Å². The van der Waals surface area contributed by atoms with Gasteiger partial charge in [0.2, 0.25) is 0 Å². The molecule has 2 aliphatic carbocycles. The second-order valence-electron chi connectivity index (χ2n) is 11.4. The van der Waals surface area contributed by atoms with Crippen molar-refractivity contribution in [1.29, 1.82) is 0 Å². The summed E-state index contributed by atoms with van der Waals surface area (Å²) in [4.78, 5) is 62.8. The summed E-state index contributed by atoms with van der Waals surface area (Å²) in [6.45, 7) is 11.7. The fourth-order valence-electron chi connectivity index (χ4n) is 6.81. The highest BCUT2D eigenvalue weighted by Gasteiger charge is 2.78. The third-order valence-electron chi connectivity index (χ3n) is 8.77. The Morgan fingerprint density at radius 2 is 1.54 bits per heavy atom. The van der Waals surface area contributed by atoms with Crippen molar-refractivity contribution in [3.8, 4) is 0 Å². The lowest BCUT2D eigenvalue weighted by Crippen LogP contribution is -2.72. The van der Waals surface area contributed by atoms with Gasteiger partial charge in [-0.1, -0.05) is 19.6 Å². The van der Waals surface area contributed by atoms with E-state index in [1.54, 1.807) is 6.92 Å². The van der Waals surface area contributed by atoms with Crippen LogP contribution in [0.25, 0.3) is 0 Å². The van der Waals surface area contributed by atoms with Crippen molar-refractivity contribution < 1.29 is 57.5 Å². The Balaban J connectivity index is 2.09. The molecule has 0 radical (unpaired) electrons. The summed E-state index contributed by atoms with van der Waals surface area (Å²) >= 11 is 6.73. The SMILES string of the molecule is C=C1/C=C/[C@@H](OC(C)=O)[C@@]2(C)[C@H]([C@@H](OC(C)=O)[C@@]3(O)[C@H](C)C(=O)O[C@@H]3[C@@H]1Cl)[C@]1(CO1)[C@@H](OC(C)=O)C[C@H]2OC(C)=O. The minimum absolute atomic E-state index is 0.0206. The molecule has 12 nitrogen and oxygen atoms in total. The number of halogens is 1. The first-order valence-electron chi connectivity index (χ1n) is 13.3. The number of ether oxygens (including phenoxy) is 6. The van der Waals surface area contributed by atoms with E-state index in [0.29, 0.717) is 0 Å². The van der Waals surface area contributed by atoms with Crippen LogP contribution < -0.4 is 0 Å². The van der Waals surface area contributed by atoms with Gasteiger partial charge in [0.1, 0.15) is 30.0 Å². The number of hydrogen-bond donors (Lipinski definition) is 1. The predicted octanol–water partition coefficient (Wildman–Crippen LogP) is 1.53. The summed E-state index contributed by atoms with van der Waals surface area (Å²) in [7, 11) is 0. The average Bonchev–Trinajstić information content (AvgIpc) is 3.61. The number of allylic oxidation sites excluding steroid dienone is 1. The molecule has 1 N–H and O–H groups in total. The van der Waals surface area contributed by atoms with Gasteiger partial charge in [0.05, 0.1) is 23.3 Å². The minimum atomic E-state index is -2.28. The molecule has 4 rings (SSSR count). The second-order valence-corrected chi connectivity index (χ2v) is 11.9. The van der Waals surface area contributed by atoms with Crippen LogP contribution in [0.3, 0.4) is 0 Å². The Labute approximate surface area is 242 Å². The van der Waals surface area contributed by atoms with Crippen molar-refractivity contribution >= 4 is 41.4 Å². The molecule has 0 aromatic heterocycles. The Morgan fingerprint density at radius 3 is 2.05 bits per heavy atom. The predicted molar refractivity (Wildman–Crippen MR) is 139 cm³/mol. The van der Waals surface area contributed by atoms with E-state index < -0.39 is 94.2 Å². The molecule has 2 heterocycles. The molecule has 1 spiro atoms. The van der Waals surface area contributed by atoms with Gasteiger partial charge in [-0.25, -0.2) is 0 Å².